The van der Waals surface area contributed by atoms with E-state index in [9.17, 15) is 4.79 Å². The second-order valence-electron chi connectivity index (χ2n) is 4.92. The summed E-state index contributed by atoms with van der Waals surface area (Å²) in [5.74, 6) is -0.227. The SMILES string of the molecule is Cc1cn[nH]c1C(=O)Nc1ccc([C@@H]2CNCCO2)nc1. The molecule has 3 N–H and O–H groups in total. The predicted octanol–water partition coefficient (Wildman–Crippen LogP) is 1.03. The van der Waals surface area contributed by atoms with Gasteiger partial charge in [0, 0.05) is 13.1 Å². The lowest BCUT2D eigenvalue weighted by Crippen LogP contribution is -2.33. The van der Waals surface area contributed by atoms with Crippen LogP contribution in [-0.2, 0) is 4.74 Å². The molecule has 0 aromatic carbocycles. The smallest absolute Gasteiger partial charge is 0.273 e. The van der Waals surface area contributed by atoms with Gasteiger partial charge in [0.2, 0.25) is 0 Å². The number of aromatic nitrogens is 3. The van der Waals surface area contributed by atoms with Gasteiger partial charge >= 0.3 is 0 Å². The molecule has 1 saturated heterocycles. The van der Waals surface area contributed by atoms with Gasteiger partial charge in [0.1, 0.15) is 11.8 Å². The topological polar surface area (TPSA) is 91.9 Å². The molecule has 0 saturated carbocycles. The number of carbonyl (C=O) groups is 1. The first kappa shape index (κ1) is 13.7. The Morgan fingerprint density at radius 3 is 2.95 bits per heavy atom. The lowest BCUT2D eigenvalue weighted by atomic mass is 10.2. The summed E-state index contributed by atoms with van der Waals surface area (Å²) in [4.78, 5) is 16.4. The van der Waals surface area contributed by atoms with E-state index in [4.69, 9.17) is 4.74 Å². The third kappa shape index (κ3) is 3.09. The number of pyridine rings is 1. The van der Waals surface area contributed by atoms with Crippen LogP contribution in [0.4, 0.5) is 5.69 Å². The van der Waals surface area contributed by atoms with E-state index >= 15 is 0 Å². The third-order valence-electron chi connectivity index (χ3n) is 3.36. The molecule has 0 bridgehead atoms. The number of rotatable bonds is 3. The molecule has 2 aromatic rings. The fraction of sp³-hybridized carbons (Fsp3) is 0.357. The Bertz CT molecular complexity index is 617. The maximum absolute atomic E-state index is 12.0. The number of nitrogens with zero attached hydrogens (tertiary/aromatic N) is 2. The van der Waals surface area contributed by atoms with Crippen LogP contribution < -0.4 is 10.6 Å². The molecule has 110 valence electrons. The van der Waals surface area contributed by atoms with Crippen molar-refractivity contribution in [3.05, 3.63) is 41.5 Å². The molecule has 0 spiro atoms. The first-order valence-corrected chi connectivity index (χ1v) is 6.83. The van der Waals surface area contributed by atoms with Gasteiger partial charge in [0.15, 0.2) is 0 Å². The highest BCUT2D eigenvalue weighted by Gasteiger charge is 2.17. The molecule has 1 aliphatic heterocycles. The number of aromatic amines is 1. The molecule has 1 amide bonds. The molecule has 0 aliphatic carbocycles. The van der Waals surface area contributed by atoms with Crippen molar-refractivity contribution in [3.8, 4) is 0 Å². The van der Waals surface area contributed by atoms with Crippen molar-refractivity contribution in [1.29, 1.82) is 0 Å². The van der Waals surface area contributed by atoms with E-state index in [0.717, 1.165) is 24.3 Å². The Morgan fingerprint density at radius 1 is 1.43 bits per heavy atom. The summed E-state index contributed by atoms with van der Waals surface area (Å²) in [6.07, 6.45) is 3.22. The highest BCUT2D eigenvalue weighted by Crippen LogP contribution is 2.18. The number of nitrogens with one attached hydrogen (secondary N) is 3. The fourth-order valence-corrected chi connectivity index (χ4v) is 2.19. The predicted molar refractivity (Wildman–Crippen MR) is 77.1 cm³/mol. The molecule has 1 aliphatic rings. The molecule has 1 fully saturated rings. The highest BCUT2D eigenvalue weighted by atomic mass is 16.5. The molecule has 7 nitrogen and oxygen atoms in total. The van der Waals surface area contributed by atoms with Crippen LogP contribution in [0.2, 0.25) is 0 Å². The number of morpholine rings is 1. The first-order valence-electron chi connectivity index (χ1n) is 6.83. The van der Waals surface area contributed by atoms with Crippen LogP contribution in [0.5, 0.6) is 0 Å². The van der Waals surface area contributed by atoms with Crippen molar-refractivity contribution in [1.82, 2.24) is 20.5 Å². The minimum atomic E-state index is -0.227. The standard InChI is InChI=1S/C14H17N5O2/c1-9-6-17-19-13(9)14(20)18-10-2-3-11(16-7-10)12-8-15-4-5-21-12/h2-3,6-7,12,15H,4-5,8H2,1H3,(H,17,19)(H,18,20)/t12-/m0/s1. The average Bonchev–Trinajstić information content (AvgIpc) is 2.95. The number of hydrogen-bond acceptors (Lipinski definition) is 5. The number of hydrogen-bond donors (Lipinski definition) is 3. The number of ether oxygens (including phenoxy) is 1. The Balaban J connectivity index is 1.67. The lowest BCUT2D eigenvalue weighted by Gasteiger charge is -2.23. The van der Waals surface area contributed by atoms with Crippen LogP contribution >= 0.6 is 0 Å². The van der Waals surface area contributed by atoms with Gasteiger partial charge in [0.05, 0.1) is 30.4 Å². The summed E-state index contributed by atoms with van der Waals surface area (Å²) in [7, 11) is 0. The van der Waals surface area contributed by atoms with E-state index in [2.05, 4.69) is 25.8 Å². The van der Waals surface area contributed by atoms with E-state index in [-0.39, 0.29) is 12.0 Å². The summed E-state index contributed by atoms with van der Waals surface area (Å²) < 4.78 is 5.63. The van der Waals surface area contributed by atoms with E-state index in [0.29, 0.717) is 18.0 Å². The summed E-state index contributed by atoms with van der Waals surface area (Å²) in [5.41, 5.74) is 2.76. The summed E-state index contributed by atoms with van der Waals surface area (Å²) in [6, 6.07) is 3.69. The number of aryl methyl sites for hydroxylation is 1. The average molecular weight is 287 g/mol. The Hall–Kier alpha value is -2.25. The quantitative estimate of drug-likeness (QED) is 0.784. The molecule has 0 radical (unpaired) electrons. The summed E-state index contributed by atoms with van der Waals surface area (Å²) in [5, 5.41) is 12.6. The molecular weight excluding hydrogens is 270 g/mol. The van der Waals surface area contributed by atoms with Crippen molar-refractivity contribution < 1.29 is 9.53 Å². The molecule has 3 heterocycles. The Kier molecular flexibility index (Phi) is 3.94. The van der Waals surface area contributed by atoms with Crippen LogP contribution in [0.1, 0.15) is 27.8 Å². The Labute approximate surface area is 122 Å². The van der Waals surface area contributed by atoms with Gasteiger partial charge in [-0.15, -0.1) is 0 Å². The van der Waals surface area contributed by atoms with Crippen LogP contribution in [0.25, 0.3) is 0 Å². The second-order valence-corrected chi connectivity index (χ2v) is 4.92. The zero-order valence-corrected chi connectivity index (χ0v) is 11.7. The van der Waals surface area contributed by atoms with Crippen molar-refractivity contribution in [3.63, 3.8) is 0 Å². The van der Waals surface area contributed by atoms with Gasteiger partial charge in [-0.3, -0.25) is 14.9 Å². The normalized spacial score (nSPS) is 18.4. The van der Waals surface area contributed by atoms with Crippen molar-refractivity contribution in [2.75, 3.05) is 25.0 Å². The summed E-state index contributed by atoms with van der Waals surface area (Å²) >= 11 is 0. The van der Waals surface area contributed by atoms with E-state index in [1.165, 1.54) is 0 Å². The van der Waals surface area contributed by atoms with Crippen LogP contribution in [0.3, 0.4) is 0 Å². The van der Waals surface area contributed by atoms with E-state index in [1.807, 2.05) is 19.1 Å². The van der Waals surface area contributed by atoms with Gasteiger partial charge in [-0.25, -0.2) is 0 Å². The second kappa shape index (κ2) is 6.02. The van der Waals surface area contributed by atoms with Crippen LogP contribution in [-0.4, -0.2) is 40.8 Å². The van der Waals surface area contributed by atoms with Crippen molar-refractivity contribution >= 4 is 11.6 Å². The van der Waals surface area contributed by atoms with Crippen LogP contribution in [0.15, 0.2) is 24.5 Å². The fourth-order valence-electron chi connectivity index (χ4n) is 2.19. The first-order chi connectivity index (χ1) is 10.2. The monoisotopic (exact) mass is 287 g/mol. The van der Waals surface area contributed by atoms with Gasteiger partial charge in [-0.05, 0) is 24.6 Å². The number of carbonyl (C=O) groups excluding carboxylic acids is 1. The minimum absolute atomic E-state index is 0.0293. The minimum Gasteiger partial charge on any atom is -0.369 e. The van der Waals surface area contributed by atoms with Crippen molar-refractivity contribution in [2.45, 2.75) is 13.0 Å². The zero-order chi connectivity index (χ0) is 14.7. The maximum Gasteiger partial charge on any atom is 0.273 e. The third-order valence-corrected chi connectivity index (χ3v) is 3.36. The van der Waals surface area contributed by atoms with Gasteiger partial charge in [-0.1, -0.05) is 0 Å². The number of anilines is 1. The number of H-pyrrole nitrogens is 1. The summed E-state index contributed by atoms with van der Waals surface area (Å²) in [6.45, 7) is 4.14. The molecule has 3 rings (SSSR count). The van der Waals surface area contributed by atoms with E-state index < -0.39 is 0 Å². The van der Waals surface area contributed by atoms with Crippen molar-refractivity contribution in [2.24, 2.45) is 0 Å². The van der Waals surface area contributed by atoms with Gasteiger partial charge < -0.3 is 15.4 Å². The molecular formula is C14H17N5O2. The number of amides is 1. The van der Waals surface area contributed by atoms with E-state index in [1.54, 1.807) is 12.4 Å². The molecule has 7 heteroatoms. The molecule has 1 atom stereocenters. The molecule has 21 heavy (non-hydrogen) atoms. The zero-order valence-electron chi connectivity index (χ0n) is 11.7. The Morgan fingerprint density at radius 2 is 2.33 bits per heavy atom. The van der Waals surface area contributed by atoms with Crippen LogP contribution in [0, 0.1) is 6.92 Å². The lowest BCUT2D eigenvalue weighted by molar-refractivity contribution is 0.0250. The largest absolute Gasteiger partial charge is 0.369 e. The maximum atomic E-state index is 12.0. The molecule has 2 aromatic heterocycles. The highest BCUT2D eigenvalue weighted by molar-refractivity contribution is 6.03. The van der Waals surface area contributed by atoms with Gasteiger partial charge in [0.25, 0.3) is 5.91 Å². The molecule has 0 unspecified atom stereocenters. The van der Waals surface area contributed by atoms with Gasteiger partial charge in [-0.2, -0.15) is 5.10 Å².